The molecule has 0 saturated heterocycles. The van der Waals surface area contributed by atoms with Gasteiger partial charge in [-0.2, -0.15) is 0 Å². The Bertz CT molecular complexity index is 1020. The van der Waals surface area contributed by atoms with Crippen molar-refractivity contribution in [2.75, 3.05) is 0 Å². The molecule has 1 N–H and O–H groups in total. The number of benzene rings is 3. The first kappa shape index (κ1) is 14.3. The summed E-state index contributed by atoms with van der Waals surface area (Å²) in [7, 11) is 0. The van der Waals surface area contributed by atoms with Crippen molar-refractivity contribution in [3.8, 4) is 11.4 Å². The van der Waals surface area contributed by atoms with Crippen LogP contribution in [-0.2, 0) is 0 Å². The van der Waals surface area contributed by atoms with Gasteiger partial charge in [-0.1, -0.05) is 30.3 Å². The number of aromatic nitrogens is 2. The van der Waals surface area contributed by atoms with Crippen molar-refractivity contribution >= 4 is 16.8 Å². The highest BCUT2D eigenvalue weighted by Gasteiger charge is 2.11. The molecule has 1 aromatic heterocycles. The van der Waals surface area contributed by atoms with E-state index in [9.17, 15) is 9.18 Å². The highest BCUT2D eigenvalue weighted by molar-refractivity contribution is 6.10. The second-order valence-electron chi connectivity index (χ2n) is 5.52. The summed E-state index contributed by atoms with van der Waals surface area (Å²) in [5, 5.41) is 0. The van der Waals surface area contributed by atoms with Crippen LogP contribution in [0.1, 0.15) is 15.9 Å². The minimum atomic E-state index is -0.286. The zero-order valence-corrected chi connectivity index (χ0v) is 12.7. The van der Waals surface area contributed by atoms with Crippen LogP contribution >= 0.6 is 0 Å². The maximum Gasteiger partial charge on any atom is 0.193 e. The van der Waals surface area contributed by atoms with E-state index in [2.05, 4.69) is 9.97 Å². The molecule has 0 amide bonds. The molecule has 1 heterocycles. The van der Waals surface area contributed by atoms with Crippen molar-refractivity contribution in [1.82, 2.24) is 9.97 Å². The molecule has 0 aliphatic heterocycles. The molecule has 24 heavy (non-hydrogen) atoms. The summed E-state index contributed by atoms with van der Waals surface area (Å²) in [5.74, 6) is 0.329. The quantitative estimate of drug-likeness (QED) is 0.561. The van der Waals surface area contributed by atoms with Crippen molar-refractivity contribution in [3.63, 3.8) is 0 Å². The Morgan fingerprint density at radius 2 is 1.62 bits per heavy atom. The van der Waals surface area contributed by atoms with Crippen LogP contribution in [0.5, 0.6) is 0 Å². The van der Waals surface area contributed by atoms with Gasteiger partial charge < -0.3 is 4.98 Å². The van der Waals surface area contributed by atoms with E-state index < -0.39 is 0 Å². The Morgan fingerprint density at radius 3 is 2.38 bits per heavy atom. The van der Waals surface area contributed by atoms with E-state index in [-0.39, 0.29) is 11.6 Å². The third-order valence-electron chi connectivity index (χ3n) is 3.90. The lowest BCUT2D eigenvalue weighted by Crippen LogP contribution is -2.00. The first-order valence-electron chi connectivity index (χ1n) is 7.56. The molecule has 4 aromatic rings. The number of nitrogens with zero attached hydrogens (tertiary/aromatic N) is 1. The highest BCUT2D eigenvalue weighted by Crippen LogP contribution is 2.22. The van der Waals surface area contributed by atoms with Crippen molar-refractivity contribution in [2.24, 2.45) is 0 Å². The molecular weight excluding hydrogens is 303 g/mol. The number of hydrogen-bond donors (Lipinski definition) is 1. The Labute approximate surface area is 137 Å². The van der Waals surface area contributed by atoms with Gasteiger partial charge in [0.25, 0.3) is 0 Å². The van der Waals surface area contributed by atoms with Crippen LogP contribution in [0, 0.1) is 5.82 Å². The maximum atomic E-state index is 13.0. The molecule has 3 aromatic carbocycles. The second kappa shape index (κ2) is 5.74. The van der Waals surface area contributed by atoms with Gasteiger partial charge in [0.05, 0.1) is 11.0 Å². The SMILES string of the molecule is O=C(c1ccccc1)c1ccc2nc(-c3ccc(F)cc3)[nH]c2c1. The van der Waals surface area contributed by atoms with Gasteiger partial charge in [0.2, 0.25) is 0 Å². The lowest BCUT2D eigenvalue weighted by Gasteiger charge is -2.00. The van der Waals surface area contributed by atoms with E-state index in [1.165, 1.54) is 12.1 Å². The van der Waals surface area contributed by atoms with Gasteiger partial charge in [-0.05, 0) is 42.5 Å². The molecular formula is C20H13FN2O. The largest absolute Gasteiger partial charge is 0.338 e. The van der Waals surface area contributed by atoms with Crippen molar-refractivity contribution in [2.45, 2.75) is 0 Å². The molecule has 0 spiro atoms. The Kier molecular flexibility index (Phi) is 3.43. The summed E-state index contributed by atoms with van der Waals surface area (Å²) < 4.78 is 13.0. The number of ketones is 1. The number of rotatable bonds is 3. The zero-order valence-electron chi connectivity index (χ0n) is 12.7. The molecule has 0 saturated carbocycles. The van der Waals surface area contributed by atoms with Gasteiger partial charge in [0, 0.05) is 16.7 Å². The number of nitrogens with one attached hydrogen (secondary N) is 1. The Balaban J connectivity index is 1.73. The molecule has 116 valence electrons. The first-order valence-corrected chi connectivity index (χ1v) is 7.56. The number of fused-ring (bicyclic) bond motifs is 1. The van der Waals surface area contributed by atoms with E-state index in [1.54, 1.807) is 36.4 Å². The van der Waals surface area contributed by atoms with E-state index in [0.717, 1.165) is 16.6 Å². The van der Waals surface area contributed by atoms with Gasteiger partial charge >= 0.3 is 0 Å². The van der Waals surface area contributed by atoms with Crippen LogP contribution in [0.3, 0.4) is 0 Å². The number of carbonyl (C=O) groups excluding carboxylic acids is 1. The predicted octanol–water partition coefficient (Wildman–Crippen LogP) is 4.60. The minimum Gasteiger partial charge on any atom is -0.338 e. The maximum absolute atomic E-state index is 13.0. The van der Waals surface area contributed by atoms with Gasteiger partial charge in [-0.15, -0.1) is 0 Å². The van der Waals surface area contributed by atoms with Crippen LogP contribution in [-0.4, -0.2) is 15.8 Å². The predicted molar refractivity (Wildman–Crippen MR) is 91.4 cm³/mol. The van der Waals surface area contributed by atoms with Crippen LogP contribution in [0.15, 0.2) is 72.8 Å². The van der Waals surface area contributed by atoms with Crippen LogP contribution < -0.4 is 0 Å². The van der Waals surface area contributed by atoms with Crippen LogP contribution in [0.4, 0.5) is 4.39 Å². The van der Waals surface area contributed by atoms with Gasteiger partial charge in [-0.3, -0.25) is 4.79 Å². The third-order valence-corrected chi connectivity index (χ3v) is 3.90. The standard InChI is InChI=1S/C20H13FN2O/c21-16-9-6-14(7-10-16)20-22-17-11-8-15(12-18(17)23-20)19(24)13-4-2-1-3-5-13/h1-12H,(H,22,23). The number of hydrogen-bond acceptors (Lipinski definition) is 2. The molecule has 4 rings (SSSR count). The minimum absolute atomic E-state index is 0.0320. The molecule has 4 heteroatoms. The van der Waals surface area contributed by atoms with Crippen molar-refractivity contribution < 1.29 is 9.18 Å². The molecule has 0 atom stereocenters. The number of carbonyl (C=O) groups is 1. The van der Waals surface area contributed by atoms with E-state index in [0.29, 0.717) is 17.0 Å². The summed E-state index contributed by atoms with van der Waals surface area (Å²) >= 11 is 0. The molecule has 0 aliphatic rings. The van der Waals surface area contributed by atoms with Gasteiger partial charge in [-0.25, -0.2) is 9.37 Å². The number of imidazole rings is 1. The average molecular weight is 316 g/mol. The summed E-state index contributed by atoms with van der Waals surface area (Å²) in [6.45, 7) is 0. The number of aromatic amines is 1. The lowest BCUT2D eigenvalue weighted by atomic mass is 10.0. The number of halogens is 1. The van der Waals surface area contributed by atoms with Crippen LogP contribution in [0.25, 0.3) is 22.4 Å². The fraction of sp³-hybridized carbons (Fsp3) is 0. The Morgan fingerprint density at radius 1 is 0.875 bits per heavy atom. The Hall–Kier alpha value is -3.27. The monoisotopic (exact) mass is 316 g/mol. The smallest absolute Gasteiger partial charge is 0.193 e. The number of H-pyrrole nitrogens is 1. The lowest BCUT2D eigenvalue weighted by molar-refractivity contribution is 0.103. The fourth-order valence-electron chi connectivity index (χ4n) is 2.65. The molecule has 3 nitrogen and oxygen atoms in total. The van der Waals surface area contributed by atoms with Gasteiger partial charge in [0.15, 0.2) is 5.78 Å². The summed E-state index contributed by atoms with van der Waals surface area (Å²) in [4.78, 5) is 20.2. The van der Waals surface area contributed by atoms with Crippen molar-refractivity contribution in [3.05, 3.63) is 89.7 Å². The van der Waals surface area contributed by atoms with Gasteiger partial charge in [0.1, 0.15) is 11.6 Å². The summed E-state index contributed by atoms with van der Waals surface area (Å²) in [6, 6.07) is 20.7. The average Bonchev–Trinajstić information content (AvgIpc) is 3.05. The summed E-state index contributed by atoms with van der Waals surface area (Å²) in [6.07, 6.45) is 0. The van der Waals surface area contributed by atoms with E-state index in [1.807, 2.05) is 24.3 Å². The first-order chi connectivity index (χ1) is 11.7. The summed E-state index contributed by atoms with van der Waals surface area (Å²) in [5.41, 5.74) is 3.58. The third kappa shape index (κ3) is 2.58. The molecule has 0 aliphatic carbocycles. The molecule has 0 bridgehead atoms. The second-order valence-corrected chi connectivity index (χ2v) is 5.52. The fourth-order valence-corrected chi connectivity index (χ4v) is 2.65. The van der Waals surface area contributed by atoms with Crippen LogP contribution in [0.2, 0.25) is 0 Å². The zero-order chi connectivity index (χ0) is 16.5. The molecule has 0 unspecified atom stereocenters. The molecule has 0 fully saturated rings. The highest BCUT2D eigenvalue weighted by atomic mass is 19.1. The van der Waals surface area contributed by atoms with Crippen molar-refractivity contribution in [1.29, 1.82) is 0 Å². The topological polar surface area (TPSA) is 45.8 Å². The van der Waals surface area contributed by atoms with E-state index >= 15 is 0 Å². The molecule has 0 radical (unpaired) electrons. The van der Waals surface area contributed by atoms with E-state index in [4.69, 9.17) is 0 Å². The normalized spacial score (nSPS) is 10.9.